The van der Waals surface area contributed by atoms with Gasteiger partial charge in [0.25, 0.3) is 0 Å². The first-order valence-corrected chi connectivity index (χ1v) is 8.44. The zero-order chi connectivity index (χ0) is 18.0. The first-order chi connectivity index (χ1) is 11.8. The average molecular weight is 376 g/mol. The van der Waals surface area contributed by atoms with Crippen LogP contribution in [0.4, 0.5) is 19.0 Å². The summed E-state index contributed by atoms with van der Waals surface area (Å²) in [5.74, 6) is -0.918. The number of hydrogen-bond donors (Lipinski definition) is 2. The minimum Gasteiger partial charge on any atom is -0.365 e. The van der Waals surface area contributed by atoms with Gasteiger partial charge in [0.15, 0.2) is 11.5 Å². The second-order valence-electron chi connectivity index (χ2n) is 6.26. The van der Waals surface area contributed by atoms with Crippen molar-refractivity contribution in [2.45, 2.75) is 50.7 Å². The Bertz CT molecular complexity index is 755. The number of hydrogen-bond acceptors (Lipinski definition) is 5. The summed E-state index contributed by atoms with van der Waals surface area (Å²) in [7, 11) is 0. The molecule has 0 saturated heterocycles. The SMILES string of the molecule is O=C(CCC1CCC(Nc2nc(Cl)nc3nc[nH]c23)CC1)C(F)(F)F. The summed E-state index contributed by atoms with van der Waals surface area (Å²) in [6, 6.07) is 0.145. The van der Waals surface area contributed by atoms with Gasteiger partial charge in [0.2, 0.25) is 11.1 Å². The Hall–Kier alpha value is -1.90. The average Bonchev–Trinajstić information content (AvgIpc) is 3.01. The van der Waals surface area contributed by atoms with Crippen molar-refractivity contribution in [3.63, 3.8) is 0 Å². The number of imidazole rings is 1. The van der Waals surface area contributed by atoms with Gasteiger partial charge in [0.05, 0.1) is 6.33 Å². The van der Waals surface area contributed by atoms with Gasteiger partial charge in [0, 0.05) is 12.5 Å². The number of carbonyl (C=O) groups is 1. The summed E-state index contributed by atoms with van der Waals surface area (Å²) in [6.07, 6.45) is -0.223. The van der Waals surface area contributed by atoms with E-state index >= 15 is 0 Å². The fourth-order valence-electron chi connectivity index (χ4n) is 3.18. The topological polar surface area (TPSA) is 83.6 Å². The van der Waals surface area contributed by atoms with E-state index in [4.69, 9.17) is 11.6 Å². The van der Waals surface area contributed by atoms with Crippen LogP contribution in [0.3, 0.4) is 0 Å². The van der Waals surface area contributed by atoms with Crippen molar-refractivity contribution < 1.29 is 18.0 Å². The maximum absolute atomic E-state index is 12.3. The number of rotatable bonds is 5. The third-order valence-electron chi connectivity index (χ3n) is 4.54. The molecule has 0 spiro atoms. The molecule has 6 nitrogen and oxygen atoms in total. The predicted octanol–water partition coefficient (Wildman–Crippen LogP) is 3.89. The molecule has 2 aromatic rings. The number of anilines is 1. The van der Waals surface area contributed by atoms with Crippen LogP contribution in [0.2, 0.25) is 5.28 Å². The molecule has 0 aliphatic heterocycles. The van der Waals surface area contributed by atoms with Crippen LogP contribution in [0.1, 0.15) is 38.5 Å². The number of carbonyl (C=O) groups excluding carboxylic acids is 1. The molecule has 0 radical (unpaired) electrons. The van der Waals surface area contributed by atoms with E-state index in [1.165, 1.54) is 6.33 Å². The van der Waals surface area contributed by atoms with Crippen molar-refractivity contribution in [2.75, 3.05) is 5.32 Å². The number of aromatic nitrogens is 4. The molecule has 2 aromatic heterocycles. The summed E-state index contributed by atoms with van der Waals surface area (Å²) in [4.78, 5) is 26.2. The van der Waals surface area contributed by atoms with Crippen LogP contribution in [0.25, 0.3) is 11.2 Å². The lowest BCUT2D eigenvalue weighted by Crippen LogP contribution is -2.28. The lowest BCUT2D eigenvalue weighted by atomic mass is 9.83. The first kappa shape index (κ1) is 17.9. The highest BCUT2D eigenvalue weighted by Gasteiger charge is 2.38. The zero-order valence-corrected chi connectivity index (χ0v) is 14.0. The molecule has 25 heavy (non-hydrogen) atoms. The minimum absolute atomic E-state index is 0.0986. The molecule has 136 valence electrons. The second kappa shape index (κ2) is 7.15. The molecular weight excluding hydrogens is 359 g/mol. The van der Waals surface area contributed by atoms with E-state index in [0.29, 0.717) is 17.0 Å². The monoisotopic (exact) mass is 375 g/mol. The van der Waals surface area contributed by atoms with Crippen LogP contribution >= 0.6 is 11.6 Å². The van der Waals surface area contributed by atoms with Crippen LogP contribution in [0.5, 0.6) is 0 Å². The van der Waals surface area contributed by atoms with Gasteiger partial charge in [0.1, 0.15) is 5.52 Å². The summed E-state index contributed by atoms with van der Waals surface area (Å²) >= 11 is 5.89. The van der Waals surface area contributed by atoms with E-state index in [-0.39, 0.29) is 23.7 Å². The Balaban J connectivity index is 1.52. The van der Waals surface area contributed by atoms with Crippen molar-refractivity contribution in [3.8, 4) is 0 Å². The lowest BCUT2D eigenvalue weighted by Gasteiger charge is -2.29. The van der Waals surface area contributed by atoms with Crippen molar-refractivity contribution >= 4 is 34.4 Å². The Morgan fingerprint density at radius 2 is 2.00 bits per heavy atom. The van der Waals surface area contributed by atoms with E-state index in [9.17, 15) is 18.0 Å². The normalized spacial score (nSPS) is 21.4. The molecule has 0 unspecified atom stereocenters. The van der Waals surface area contributed by atoms with Gasteiger partial charge in [-0.1, -0.05) is 0 Å². The highest BCUT2D eigenvalue weighted by molar-refractivity contribution is 6.28. The van der Waals surface area contributed by atoms with Crippen LogP contribution in [0, 0.1) is 5.92 Å². The Kier molecular flexibility index (Phi) is 5.12. The van der Waals surface area contributed by atoms with Gasteiger partial charge in [-0.2, -0.15) is 23.1 Å². The van der Waals surface area contributed by atoms with Crippen molar-refractivity contribution in [3.05, 3.63) is 11.6 Å². The standard InChI is InChI=1S/C15H17ClF3N5O/c16-14-23-12-11(20-7-21-12)13(24-14)22-9-4-1-8(2-5-9)3-6-10(25)15(17,18)19/h7-9H,1-6H2,(H2,20,21,22,23,24). The fourth-order valence-corrected chi connectivity index (χ4v) is 3.34. The number of nitrogens with zero attached hydrogens (tertiary/aromatic N) is 3. The fraction of sp³-hybridized carbons (Fsp3) is 0.600. The minimum atomic E-state index is -4.72. The Morgan fingerprint density at radius 3 is 2.68 bits per heavy atom. The number of Topliss-reactive ketones (excluding diaryl/α,β-unsaturated/α-hetero) is 1. The van der Waals surface area contributed by atoms with E-state index in [2.05, 4.69) is 25.3 Å². The molecule has 1 aliphatic carbocycles. The van der Waals surface area contributed by atoms with Crippen LogP contribution in [-0.2, 0) is 4.79 Å². The van der Waals surface area contributed by atoms with Crippen molar-refractivity contribution in [2.24, 2.45) is 5.92 Å². The van der Waals surface area contributed by atoms with E-state index in [0.717, 1.165) is 25.7 Å². The molecule has 0 aromatic carbocycles. The van der Waals surface area contributed by atoms with Crippen LogP contribution in [0.15, 0.2) is 6.33 Å². The van der Waals surface area contributed by atoms with Crippen molar-refractivity contribution in [1.82, 2.24) is 19.9 Å². The van der Waals surface area contributed by atoms with Gasteiger partial charge in [-0.15, -0.1) is 0 Å². The highest BCUT2D eigenvalue weighted by atomic mass is 35.5. The van der Waals surface area contributed by atoms with Gasteiger partial charge < -0.3 is 10.3 Å². The quantitative estimate of drug-likeness (QED) is 0.774. The molecule has 0 amide bonds. The van der Waals surface area contributed by atoms with Gasteiger partial charge in [-0.3, -0.25) is 4.79 Å². The van der Waals surface area contributed by atoms with E-state index in [1.807, 2.05) is 0 Å². The third kappa shape index (κ3) is 4.39. The molecule has 0 bridgehead atoms. The lowest BCUT2D eigenvalue weighted by molar-refractivity contribution is -0.171. The molecule has 1 aliphatic rings. The number of ketones is 1. The molecule has 0 atom stereocenters. The zero-order valence-electron chi connectivity index (χ0n) is 13.2. The summed E-state index contributed by atoms with van der Waals surface area (Å²) < 4.78 is 36.8. The first-order valence-electron chi connectivity index (χ1n) is 8.06. The number of fused-ring (bicyclic) bond motifs is 1. The predicted molar refractivity (Wildman–Crippen MR) is 86.4 cm³/mol. The maximum atomic E-state index is 12.3. The van der Waals surface area contributed by atoms with E-state index in [1.54, 1.807) is 0 Å². The molecule has 2 heterocycles. The van der Waals surface area contributed by atoms with Crippen LogP contribution < -0.4 is 5.32 Å². The van der Waals surface area contributed by atoms with Crippen molar-refractivity contribution in [1.29, 1.82) is 0 Å². The summed E-state index contributed by atoms with van der Waals surface area (Å²) in [6.45, 7) is 0. The summed E-state index contributed by atoms with van der Waals surface area (Å²) in [5.41, 5.74) is 1.14. The molecule has 2 N–H and O–H groups in total. The molecule has 1 saturated carbocycles. The highest BCUT2D eigenvalue weighted by Crippen LogP contribution is 2.31. The number of aromatic amines is 1. The number of alkyl halides is 3. The second-order valence-corrected chi connectivity index (χ2v) is 6.60. The van der Waals surface area contributed by atoms with Gasteiger partial charge in [-0.05, 0) is 49.6 Å². The maximum Gasteiger partial charge on any atom is 0.449 e. The smallest absolute Gasteiger partial charge is 0.365 e. The Morgan fingerprint density at radius 1 is 1.28 bits per heavy atom. The Labute approximate surface area is 146 Å². The summed E-state index contributed by atoms with van der Waals surface area (Å²) in [5, 5.41) is 3.41. The number of halogens is 4. The molecule has 10 heteroatoms. The third-order valence-corrected chi connectivity index (χ3v) is 4.71. The molecular formula is C15H17ClF3N5O. The molecule has 3 rings (SSSR count). The number of nitrogens with one attached hydrogen (secondary N) is 2. The van der Waals surface area contributed by atoms with E-state index < -0.39 is 18.4 Å². The number of H-pyrrole nitrogens is 1. The van der Waals surface area contributed by atoms with Gasteiger partial charge >= 0.3 is 6.18 Å². The molecule has 1 fully saturated rings. The largest absolute Gasteiger partial charge is 0.449 e. The van der Waals surface area contributed by atoms with Crippen LogP contribution in [-0.4, -0.2) is 37.9 Å². The van der Waals surface area contributed by atoms with Gasteiger partial charge in [-0.25, -0.2) is 4.98 Å².